The molecule has 0 radical (unpaired) electrons. The number of carbonyl (C=O) groups is 4. The van der Waals surface area contributed by atoms with Crippen LogP contribution in [0.25, 0.3) is 0 Å². The van der Waals surface area contributed by atoms with E-state index in [-0.39, 0.29) is 36.4 Å². The highest BCUT2D eigenvalue weighted by Crippen LogP contribution is 2.68. The molecule has 0 amide bonds. The number of esters is 3. The second-order valence-electron chi connectivity index (χ2n) is 12.7. The second-order valence-corrected chi connectivity index (χ2v) is 12.7. The molecule has 1 saturated heterocycles. The molecule has 2 saturated carbocycles. The summed E-state index contributed by atoms with van der Waals surface area (Å²) in [6.07, 6.45) is 3.57. The lowest BCUT2D eigenvalue weighted by molar-refractivity contribution is -0.210. The highest BCUT2D eigenvalue weighted by molar-refractivity contribution is 5.94. The fraction of sp³-hybridized carbons (Fsp3) is 0.667. The van der Waals surface area contributed by atoms with Crippen LogP contribution in [-0.4, -0.2) is 48.1 Å². The van der Waals surface area contributed by atoms with Gasteiger partial charge in [0, 0.05) is 34.1 Å². The van der Waals surface area contributed by atoms with Crippen molar-refractivity contribution in [2.24, 2.45) is 39.9 Å². The summed E-state index contributed by atoms with van der Waals surface area (Å²) in [6, 6.07) is 1.80. The highest BCUT2D eigenvalue weighted by Gasteiger charge is 2.70. The summed E-state index contributed by atoms with van der Waals surface area (Å²) in [4.78, 5) is 52.7. The van der Waals surface area contributed by atoms with Crippen molar-refractivity contribution in [3.63, 3.8) is 0 Å². The first kappa shape index (κ1) is 27.6. The summed E-state index contributed by atoms with van der Waals surface area (Å²) in [7, 11) is 1.20. The molecule has 39 heavy (non-hydrogen) atoms. The number of cyclic esters (lactones) is 1. The molecule has 1 aromatic heterocycles. The topological polar surface area (TPSA) is 129 Å². The van der Waals surface area contributed by atoms with Gasteiger partial charge in [0.15, 0.2) is 6.10 Å². The van der Waals surface area contributed by atoms with Crippen molar-refractivity contribution in [1.82, 2.24) is 0 Å². The Morgan fingerprint density at radius 3 is 2.51 bits per heavy atom. The molecule has 1 N–H and O–H groups in total. The number of aliphatic hydroxyl groups is 1. The van der Waals surface area contributed by atoms with Gasteiger partial charge in [-0.25, -0.2) is 4.79 Å². The number of allylic oxidation sites excluding steroid dienone is 1. The van der Waals surface area contributed by atoms with Crippen LogP contribution in [0.1, 0.15) is 72.0 Å². The molecule has 1 aliphatic heterocycles. The molecule has 0 spiro atoms. The van der Waals surface area contributed by atoms with Gasteiger partial charge in [-0.1, -0.05) is 46.3 Å². The Kier molecular flexibility index (Phi) is 6.60. The van der Waals surface area contributed by atoms with Crippen molar-refractivity contribution in [3.8, 4) is 0 Å². The summed E-state index contributed by atoms with van der Waals surface area (Å²) in [5.74, 6) is -4.03. The fourth-order valence-corrected chi connectivity index (χ4v) is 8.58. The Morgan fingerprint density at radius 2 is 1.90 bits per heavy atom. The number of methoxy groups -OCH3 is 1. The standard InChI is InChI=1S/C30H38O9/c1-7-20(31)38-26-17-12-16-18(30(5,24(17)34)23(28(26,2)3)22(33)27(35)36-6)8-10-29(4)19(16)13-21(32)39-25(29)15-9-11-37-14-15/h9,11-12,14,17-19,22-23,25-26,33H,7-8,10,13H2,1-6H3/t17-,18+,19+,22-,23+,25+,26-,29-,30-/m1/s1. The Labute approximate surface area is 228 Å². The zero-order valence-corrected chi connectivity index (χ0v) is 23.4. The number of hydrogen-bond acceptors (Lipinski definition) is 9. The van der Waals surface area contributed by atoms with Crippen LogP contribution >= 0.6 is 0 Å². The normalized spacial score (nSPS) is 39.4. The van der Waals surface area contributed by atoms with Crippen molar-refractivity contribution in [1.29, 1.82) is 0 Å². The van der Waals surface area contributed by atoms with Gasteiger partial charge < -0.3 is 23.7 Å². The number of Topliss-reactive ketones (excluding diaryl/α,β-unsaturated/α-hetero) is 1. The minimum Gasteiger partial charge on any atom is -0.472 e. The lowest BCUT2D eigenvalue weighted by Gasteiger charge is -2.64. The van der Waals surface area contributed by atoms with Gasteiger partial charge in [-0.05, 0) is 30.7 Å². The van der Waals surface area contributed by atoms with E-state index in [1.165, 1.54) is 7.11 Å². The number of hydrogen-bond donors (Lipinski definition) is 1. The van der Waals surface area contributed by atoms with Gasteiger partial charge in [0.25, 0.3) is 0 Å². The first-order valence-electron chi connectivity index (χ1n) is 13.7. The minimum atomic E-state index is -1.61. The fourth-order valence-electron chi connectivity index (χ4n) is 8.58. The largest absolute Gasteiger partial charge is 0.472 e. The summed E-state index contributed by atoms with van der Waals surface area (Å²) in [6.45, 7) is 9.29. The monoisotopic (exact) mass is 542 g/mol. The Bertz CT molecular complexity index is 1210. The molecule has 0 unspecified atom stereocenters. The lowest BCUT2D eigenvalue weighted by atomic mass is 9.40. The van der Waals surface area contributed by atoms with Crippen molar-refractivity contribution >= 4 is 23.7 Å². The molecule has 4 aliphatic rings. The molecule has 0 aromatic carbocycles. The minimum absolute atomic E-state index is 0.118. The number of ketones is 1. The van der Waals surface area contributed by atoms with E-state index in [1.807, 2.05) is 26.8 Å². The van der Waals surface area contributed by atoms with Gasteiger partial charge in [-0.2, -0.15) is 0 Å². The van der Waals surface area contributed by atoms with Crippen molar-refractivity contribution in [2.45, 2.75) is 78.6 Å². The van der Waals surface area contributed by atoms with Crippen molar-refractivity contribution in [2.75, 3.05) is 7.11 Å². The molecule has 212 valence electrons. The number of carbonyl (C=O) groups excluding carboxylic acids is 4. The average Bonchev–Trinajstić information content (AvgIpc) is 3.42. The number of fused-ring (bicyclic) bond motifs is 6. The van der Waals surface area contributed by atoms with E-state index < -0.39 is 58.3 Å². The maximum absolute atomic E-state index is 14.3. The second kappa shape index (κ2) is 9.32. The van der Waals surface area contributed by atoms with E-state index in [9.17, 15) is 24.3 Å². The first-order valence-corrected chi connectivity index (χ1v) is 13.7. The van der Waals surface area contributed by atoms with E-state index in [0.717, 1.165) is 11.1 Å². The van der Waals surface area contributed by atoms with Crippen LogP contribution in [0.3, 0.4) is 0 Å². The first-order chi connectivity index (χ1) is 18.3. The molecule has 5 rings (SSSR count). The van der Waals surface area contributed by atoms with Gasteiger partial charge in [0.1, 0.15) is 18.0 Å². The molecule has 9 atom stereocenters. The van der Waals surface area contributed by atoms with Crippen LogP contribution in [0.5, 0.6) is 0 Å². The van der Waals surface area contributed by atoms with Crippen molar-refractivity contribution in [3.05, 3.63) is 35.8 Å². The van der Waals surface area contributed by atoms with E-state index in [4.69, 9.17) is 18.6 Å². The number of furan rings is 1. The van der Waals surface area contributed by atoms with Gasteiger partial charge in [-0.3, -0.25) is 14.4 Å². The SMILES string of the molecule is CCC(=O)O[C@@H]1[C@@H]2C=C3[C@@H]4CC(=O)O[C@@H](c5ccoc5)[C@]4(C)CC[C@@H]3[C@@](C)(C2=O)[C@@H]([C@@H](O)C(=O)OC)C1(C)C. The molecule has 9 nitrogen and oxygen atoms in total. The van der Waals surface area contributed by atoms with E-state index in [1.54, 1.807) is 25.5 Å². The third-order valence-corrected chi connectivity index (χ3v) is 10.4. The molecule has 9 heteroatoms. The third kappa shape index (κ3) is 3.83. The van der Waals surface area contributed by atoms with Crippen LogP contribution in [0, 0.1) is 39.9 Å². The molecule has 1 aromatic rings. The van der Waals surface area contributed by atoms with Gasteiger partial charge in [0.2, 0.25) is 0 Å². The lowest BCUT2D eigenvalue weighted by Crippen LogP contribution is -2.69. The molecular weight excluding hydrogens is 504 g/mol. The van der Waals surface area contributed by atoms with Crippen LogP contribution in [0.15, 0.2) is 34.7 Å². The molecule has 3 fully saturated rings. The number of ether oxygens (including phenoxy) is 3. The number of aliphatic hydroxyl groups excluding tert-OH is 1. The maximum atomic E-state index is 14.3. The predicted molar refractivity (Wildman–Crippen MR) is 137 cm³/mol. The van der Waals surface area contributed by atoms with Crippen LogP contribution in [-0.2, 0) is 33.4 Å². The molecular formula is C30H38O9. The zero-order valence-electron chi connectivity index (χ0n) is 23.4. The van der Waals surface area contributed by atoms with E-state index in [0.29, 0.717) is 12.8 Å². The molecule has 2 bridgehead atoms. The molecule has 2 heterocycles. The van der Waals surface area contributed by atoms with Gasteiger partial charge in [-0.15, -0.1) is 0 Å². The third-order valence-electron chi connectivity index (χ3n) is 10.4. The van der Waals surface area contributed by atoms with Crippen molar-refractivity contribution < 1.29 is 42.9 Å². The van der Waals surface area contributed by atoms with E-state index in [2.05, 4.69) is 6.92 Å². The van der Waals surface area contributed by atoms with Crippen LogP contribution < -0.4 is 0 Å². The summed E-state index contributed by atoms with van der Waals surface area (Å²) >= 11 is 0. The van der Waals surface area contributed by atoms with Crippen LogP contribution in [0.4, 0.5) is 0 Å². The Hall–Kier alpha value is -2.94. The smallest absolute Gasteiger partial charge is 0.335 e. The quantitative estimate of drug-likeness (QED) is 0.334. The summed E-state index contributed by atoms with van der Waals surface area (Å²) in [5, 5.41) is 11.4. The highest BCUT2D eigenvalue weighted by atomic mass is 16.6. The Balaban J connectivity index is 1.68. The Morgan fingerprint density at radius 1 is 1.18 bits per heavy atom. The van der Waals surface area contributed by atoms with Gasteiger partial charge >= 0.3 is 17.9 Å². The van der Waals surface area contributed by atoms with Crippen LogP contribution in [0.2, 0.25) is 0 Å². The van der Waals surface area contributed by atoms with E-state index >= 15 is 0 Å². The maximum Gasteiger partial charge on any atom is 0.335 e. The summed E-state index contributed by atoms with van der Waals surface area (Å²) < 4.78 is 22.0. The molecule has 3 aliphatic carbocycles. The van der Waals surface area contributed by atoms with Gasteiger partial charge in [0.05, 0.1) is 32.0 Å². The number of rotatable bonds is 5. The zero-order chi connectivity index (χ0) is 28.5. The summed E-state index contributed by atoms with van der Waals surface area (Å²) in [5.41, 5.74) is -0.847. The predicted octanol–water partition coefficient (Wildman–Crippen LogP) is 3.94. The average molecular weight is 543 g/mol.